The smallest absolute Gasteiger partial charge is 0.143 e. The largest absolute Gasteiger partial charge is 0.299 e. The molecule has 0 aliphatic carbocycles. The van der Waals surface area contributed by atoms with Crippen LogP contribution in [-0.2, 0) is 16.0 Å². The summed E-state index contributed by atoms with van der Waals surface area (Å²) in [4.78, 5) is 24.5. The van der Waals surface area contributed by atoms with E-state index >= 15 is 0 Å². The van der Waals surface area contributed by atoms with Gasteiger partial charge >= 0.3 is 0 Å². The Hall–Kier alpha value is -1.22. The van der Waals surface area contributed by atoms with Gasteiger partial charge in [0.15, 0.2) is 0 Å². The number of ketones is 2. The van der Waals surface area contributed by atoms with Crippen molar-refractivity contribution >= 4 is 19.6 Å². The first kappa shape index (κ1) is 16.8. The number of hydrogen-bond acceptors (Lipinski definition) is 2. The highest BCUT2D eigenvalue weighted by atomic mass is 28.3. The van der Waals surface area contributed by atoms with Crippen LogP contribution in [0.25, 0.3) is 0 Å². The van der Waals surface area contributed by atoms with Crippen molar-refractivity contribution < 1.29 is 9.59 Å². The first-order valence-corrected chi connectivity index (χ1v) is 11.0. The summed E-state index contributed by atoms with van der Waals surface area (Å²) in [5.74, 6) is -0.258. The van der Waals surface area contributed by atoms with Gasteiger partial charge in [-0.3, -0.25) is 9.59 Å². The fraction of sp³-hybridized carbons (Fsp3) is 0.529. The second-order valence-corrected chi connectivity index (χ2v) is 12.0. The van der Waals surface area contributed by atoms with Gasteiger partial charge in [0.25, 0.3) is 0 Å². The molecule has 0 heterocycles. The second-order valence-electron chi connectivity index (χ2n) is 6.55. The van der Waals surface area contributed by atoms with Gasteiger partial charge in [0.1, 0.15) is 11.6 Å². The van der Waals surface area contributed by atoms with Crippen LogP contribution in [0.1, 0.15) is 25.8 Å². The lowest BCUT2D eigenvalue weighted by molar-refractivity contribution is -0.131. The van der Waals surface area contributed by atoms with Gasteiger partial charge in [-0.15, -0.1) is 0 Å². The van der Waals surface area contributed by atoms with Crippen LogP contribution in [0, 0.1) is 5.92 Å². The molecule has 0 amide bonds. The molecule has 110 valence electrons. The molecule has 20 heavy (non-hydrogen) atoms. The van der Waals surface area contributed by atoms with E-state index in [4.69, 9.17) is 0 Å². The van der Waals surface area contributed by atoms with Gasteiger partial charge in [0, 0.05) is 12.0 Å². The maximum atomic E-state index is 12.7. The van der Waals surface area contributed by atoms with E-state index in [1.165, 1.54) is 5.56 Å². The fourth-order valence-corrected chi connectivity index (χ4v) is 4.40. The van der Waals surface area contributed by atoms with Crippen molar-refractivity contribution in [1.82, 2.24) is 0 Å². The molecule has 1 rings (SSSR count). The van der Waals surface area contributed by atoms with Gasteiger partial charge in [-0.1, -0.05) is 56.9 Å². The van der Waals surface area contributed by atoms with Crippen molar-refractivity contribution in [1.29, 1.82) is 0 Å². The van der Waals surface area contributed by atoms with E-state index < -0.39 is 14.0 Å². The molecular weight excluding hydrogens is 264 g/mol. The molecule has 1 aromatic rings. The summed E-state index contributed by atoms with van der Waals surface area (Å²) < 4.78 is 0. The van der Waals surface area contributed by atoms with E-state index in [1.807, 2.05) is 25.1 Å². The average Bonchev–Trinajstić information content (AvgIpc) is 2.42. The fourth-order valence-electron chi connectivity index (χ4n) is 2.45. The predicted molar refractivity (Wildman–Crippen MR) is 86.7 cm³/mol. The van der Waals surface area contributed by atoms with Gasteiger partial charge in [-0.05, 0) is 18.9 Å². The summed E-state index contributed by atoms with van der Waals surface area (Å²) in [6.45, 7) is 10.2. The normalized spacial score (nSPS) is 14.7. The molecule has 0 N–H and O–H groups in total. The van der Waals surface area contributed by atoms with Crippen LogP contribution in [0.3, 0.4) is 0 Å². The Morgan fingerprint density at radius 1 is 1.10 bits per heavy atom. The number of carbonyl (C=O) groups is 2. The zero-order valence-corrected chi connectivity index (χ0v) is 14.3. The minimum atomic E-state index is -1.66. The molecule has 0 aliphatic heterocycles. The first-order chi connectivity index (χ1) is 9.27. The van der Waals surface area contributed by atoms with Crippen LogP contribution in [0.15, 0.2) is 30.3 Å². The summed E-state index contributed by atoms with van der Waals surface area (Å²) >= 11 is 0. The topological polar surface area (TPSA) is 34.1 Å². The Kier molecular flexibility index (Phi) is 5.87. The first-order valence-electron chi connectivity index (χ1n) is 7.37. The number of Topliss-reactive ketones (excluding diaryl/α,β-unsaturated/α-hetero) is 2. The summed E-state index contributed by atoms with van der Waals surface area (Å²) in [5, 5.41) is 0. The van der Waals surface area contributed by atoms with Gasteiger partial charge in [-0.25, -0.2) is 0 Å². The summed E-state index contributed by atoms with van der Waals surface area (Å²) in [7, 11) is -1.66. The molecule has 0 radical (unpaired) electrons. The monoisotopic (exact) mass is 290 g/mol. The highest BCUT2D eigenvalue weighted by molar-refractivity contribution is 6.80. The Morgan fingerprint density at radius 2 is 1.65 bits per heavy atom. The Labute approximate surface area is 123 Å². The predicted octanol–water partition coefficient (Wildman–Crippen LogP) is 4.12. The zero-order chi connectivity index (χ0) is 15.3. The van der Waals surface area contributed by atoms with Crippen LogP contribution in [0.5, 0.6) is 0 Å². The maximum absolute atomic E-state index is 12.7. The average molecular weight is 290 g/mol. The van der Waals surface area contributed by atoms with Crippen molar-refractivity contribution in [2.45, 2.75) is 51.9 Å². The van der Waals surface area contributed by atoms with Crippen molar-refractivity contribution in [3.63, 3.8) is 0 Å². The highest BCUT2D eigenvalue weighted by Gasteiger charge is 2.36. The molecule has 0 saturated heterocycles. The third-order valence-electron chi connectivity index (χ3n) is 3.93. The van der Waals surface area contributed by atoms with Crippen molar-refractivity contribution in [2.75, 3.05) is 0 Å². The third kappa shape index (κ3) is 4.41. The number of benzene rings is 1. The van der Waals surface area contributed by atoms with Crippen LogP contribution in [0.4, 0.5) is 0 Å². The Morgan fingerprint density at radius 3 is 2.10 bits per heavy atom. The molecule has 0 aromatic heterocycles. The molecule has 2 unspecified atom stereocenters. The van der Waals surface area contributed by atoms with Crippen molar-refractivity contribution in [3.05, 3.63) is 35.9 Å². The van der Waals surface area contributed by atoms with E-state index in [9.17, 15) is 9.59 Å². The molecule has 2 atom stereocenters. The molecule has 1 aromatic carbocycles. The van der Waals surface area contributed by atoms with E-state index in [0.717, 1.165) is 6.42 Å². The quantitative estimate of drug-likeness (QED) is 0.559. The lowest BCUT2D eigenvalue weighted by Gasteiger charge is -2.29. The second kappa shape index (κ2) is 6.98. The maximum Gasteiger partial charge on any atom is 0.143 e. The Bertz CT molecular complexity index is 460. The third-order valence-corrected chi connectivity index (χ3v) is 6.51. The molecule has 3 heteroatoms. The van der Waals surface area contributed by atoms with Gasteiger partial charge < -0.3 is 0 Å². The van der Waals surface area contributed by atoms with Crippen LogP contribution >= 0.6 is 0 Å². The molecule has 0 aliphatic rings. The van der Waals surface area contributed by atoms with Crippen LogP contribution in [0.2, 0.25) is 25.2 Å². The minimum absolute atomic E-state index is 0.00963. The van der Waals surface area contributed by atoms with Gasteiger partial charge in [0.2, 0.25) is 0 Å². The lowest BCUT2D eigenvalue weighted by atomic mass is 9.94. The summed E-state index contributed by atoms with van der Waals surface area (Å²) in [5.41, 5.74) is 1.19. The lowest BCUT2D eigenvalue weighted by Crippen LogP contribution is -2.39. The number of rotatable bonds is 7. The van der Waals surface area contributed by atoms with E-state index in [1.54, 1.807) is 6.92 Å². The summed E-state index contributed by atoms with van der Waals surface area (Å²) in [6.07, 6.45) is 1.20. The van der Waals surface area contributed by atoms with Crippen LogP contribution < -0.4 is 0 Å². The van der Waals surface area contributed by atoms with Gasteiger partial charge in [-0.2, -0.15) is 0 Å². The standard InChI is InChI=1S/C17H26O2Si/c1-6-15(18)13(2)17(19)16(20(3,4)5)12-14-10-8-7-9-11-14/h7-11,13,16H,6,12H2,1-5H3. The molecule has 0 spiro atoms. The van der Waals surface area contributed by atoms with Crippen molar-refractivity contribution in [3.8, 4) is 0 Å². The van der Waals surface area contributed by atoms with E-state index in [0.29, 0.717) is 6.42 Å². The Balaban J connectivity index is 2.96. The van der Waals surface area contributed by atoms with Crippen molar-refractivity contribution in [2.24, 2.45) is 5.92 Å². The molecule has 0 saturated carbocycles. The molecular formula is C17H26O2Si. The number of hydrogen-bond donors (Lipinski definition) is 0. The SMILES string of the molecule is CCC(=O)C(C)C(=O)C(Cc1ccccc1)[Si](C)(C)C. The van der Waals surface area contributed by atoms with E-state index in [-0.39, 0.29) is 17.1 Å². The zero-order valence-electron chi connectivity index (χ0n) is 13.3. The molecule has 0 fully saturated rings. The highest BCUT2D eigenvalue weighted by Crippen LogP contribution is 2.30. The van der Waals surface area contributed by atoms with E-state index in [2.05, 4.69) is 31.8 Å². The number of carbonyl (C=O) groups excluding carboxylic acids is 2. The molecule has 0 bridgehead atoms. The summed E-state index contributed by atoms with van der Waals surface area (Å²) in [6, 6.07) is 10.1. The van der Waals surface area contributed by atoms with Crippen LogP contribution in [-0.4, -0.2) is 19.6 Å². The minimum Gasteiger partial charge on any atom is -0.299 e. The molecule has 2 nitrogen and oxygen atoms in total. The van der Waals surface area contributed by atoms with Gasteiger partial charge in [0.05, 0.1) is 14.0 Å².